The molecule has 0 bridgehead atoms. The van der Waals surface area contributed by atoms with Gasteiger partial charge in [0.1, 0.15) is 0 Å². The molecule has 0 radical (unpaired) electrons. The van der Waals surface area contributed by atoms with Gasteiger partial charge in [0.2, 0.25) is 10.0 Å². The fourth-order valence-electron chi connectivity index (χ4n) is 1.93. The van der Waals surface area contributed by atoms with Crippen molar-refractivity contribution in [2.75, 3.05) is 13.1 Å². The van der Waals surface area contributed by atoms with Crippen LogP contribution < -0.4 is 0 Å². The van der Waals surface area contributed by atoms with Crippen LogP contribution >= 0.6 is 0 Å². The molecule has 1 aromatic carbocycles. The second-order valence-electron chi connectivity index (χ2n) is 3.99. The minimum atomic E-state index is -3.58. The Labute approximate surface area is 113 Å². The van der Waals surface area contributed by atoms with Crippen LogP contribution in [0.5, 0.6) is 0 Å². The van der Waals surface area contributed by atoms with E-state index in [4.69, 9.17) is 6.42 Å². The molecule has 4 nitrogen and oxygen atoms in total. The summed E-state index contributed by atoms with van der Waals surface area (Å²) in [5.74, 6) is 2.38. The zero-order valence-corrected chi connectivity index (χ0v) is 11.4. The standard InChI is InChI=1S/C14H14N2O2S/c1-3-10-16(4-2)19(17,18)14-7-5-6-12-11-15-9-8-13(12)14/h1,5-9,11H,4,10H2,2H3. The highest BCUT2D eigenvalue weighted by Gasteiger charge is 2.24. The van der Waals surface area contributed by atoms with Gasteiger partial charge in [-0.25, -0.2) is 8.42 Å². The Kier molecular flexibility index (Phi) is 3.84. The molecule has 0 fully saturated rings. The summed E-state index contributed by atoms with van der Waals surface area (Å²) < 4.78 is 26.4. The van der Waals surface area contributed by atoms with Gasteiger partial charge in [0.25, 0.3) is 0 Å². The van der Waals surface area contributed by atoms with Gasteiger partial charge in [-0.2, -0.15) is 4.31 Å². The fraction of sp³-hybridized carbons (Fsp3) is 0.214. The van der Waals surface area contributed by atoms with Crippen molar-refractivity contribution in [2.24, 2.45) is 0 Å². The molecule has 19 heavy (non-hydrogen) atoms. The minimum absolute atomic E-state index is 0.0697. The molecular formula is C14H14N2O2S. The molecular weight excluding hydrogens is 260 g/mol. The number of fused-ring (bicyclic) bond motifs is 1. The Hall–Kier alpha value is -1.90. The first-order valence-corrected chi connectivity index (χ1v) is 7.31. The zero-order valence-electron chi connectivity index (χ0n) is 10.6. The lowest BCUT2D eigenvalue weighted by Crippen LogP contribution is -2.31. The average Bonchev–Trinajstić information content (AvgIpc) is 2.43. The minimum Gasteiger partial charge on any atom is -0.264 e. The Morgan fingerprint density at radius 3 is 2.84 bits per heavy atom. The first kappa shape index (κ1) is 13.5. The van der Waals surface area contributed by atoms with E-state index in [0.29, 0.717) is 11.9 Å². The summed E-state index contributed by atoms with van der Waals surface area (Å²) in [6, 6.07) is 6.84. The van der Waals surface area contributed by atoms with Gasteiger partial charge in [0.05, 0.1) is 11.4 Å². The van der Waals surface area contributed by atoms with E-state index < -0.39 is 10.0 Å². The van der Waals surface area contributed by atoms with Crippen molar-refractivity contribution in [1.82, 2.24) is 9.29 Å². The van der Waals surface area contributed by atoms with Gasteiger partial charge >= 0.3 is 0 Å². The van der Waals surface area contributed by atoms with Crippen LogP contribution in [0.15, 0.2) is 41.6 Å². The molecule has 0 amide bonds. The molecule has 0 aliphatic rings. The number of pyridine rings is 1. The van der Waals surface area contributed by atoms with Gasteiger partial charge in [0.15, 0.2) is 0 Å². The number of aromatic nitrogens is 1. The summed E-state index contributed by atoms with van der Waals surface area (Å²) in [5, 5.41) is 1.45. The van der Waals surface area contributed by atoms with Crippen LogP contribution in [-0.4, -0.2) is 30.8 Å². The molecule has 98 valence electrons. The maximum atomic E-state index is 12.6. The van der Waals surface area contributed by atoms with Crippen LogP contribution in [0.4, 0.5) is 0 Å². The van der Waals surface area contributed by atoms with E-state index in [2.05, 4.69) is 10.9 Å². The molecule has 5 heteroatoms. The zero-order chi connectivity index (χ0) is 13.9. The molecule has 0 aliphatic carbocycles. The van der Waals surface area contributed by atoms with E-state index in [9.17, 15) is 8.42 Å². The molecule has 0 aliphatic heterocycles. The summed E-state index contributed by atoms with van der Waals surface area (Å²) in [5.41, 5.74) is 0. The summed E-state index contributed by atoms with van der Waals surface area (Å²) in [6.45, 7) is 2.18. The highest BCUT2D eigenvalue weighted by atomic mass is 32.2. The third kappa shape index (κ3) is 2.46. The van der Waals surface area contributed by atoms with Crippen LogP contribution in [0.3, 0.4) is 0 Å². The number of hydrogen-bond donors (Lipinski definition) is 0. The van der Waals surface area contributed by atoms with E-state index in [1.807, 2.05) is 6.07 Å². The van der Waals surface area contributed by atoms with Crippen molar-refractivity contribution in [3.8, 4) is 12.3 Å². The fourth-order valence-corrected chi connectivity index (χ4v) is 3.50. The van der Waals surface area contributed by atoms with Crippen molar-refractivity contribution in [2.45, 2.75) is 11.8 Å². The lowest BCUT2D eigenvalue weighted by Gasteiger charge is -2.18. The first-order valence-electron chi connectivity index (χ1n) is 5.87. The lowest BCUT2D eigenvalue weighted by molar-refractivity contribution is 0.465. The summed E-state index contributed by atoms with van der Waals surface area (Å²) >= 11 is 0. The average molecular weight is 274 g/mol. The molecule has 0 atom stereocenters. The molecule has 1 aromatic heterocycles. The van der Waals surface area contributed by atoms with Gasteiger partial charge in [-0.3, -0.25) is 4.98 Å². The number of rotatable bonds is 4. The Bertz CT molecular complexity index is 727. The van der Waals surface area contributed by atoms with Crippen molar-refractivity contribution in [3.05, 3.63) is 36.7 Å². The maximum absolute atomic E-state index is 12.6. The number of benzene rings is 1. The van der Waals surface area contributed by atoms with Crippen LogP contribution in [0.2, 0.25) is 0 Å². The predicted molar refractivity (Wildman–Crippen MR) is 75.0 cm³/mol. The van der Waals surface area contributed by atoms with Crippen LogP contribution in [0, 0.1) is 12.3 Å². The van der Waals surface area contributed by atoms with Gasteiger partial charge in [-0.15, -0.1) is 6.42 Å². The molecule has 0 N–H and O–H groups in total. The van der Waals surface area contributed by atoms with Crippen LogP contribution in [0.1, 0.15) is 6.92 Å². The summed E-state index contributed by atoms with van der Waals surface area (Å²) in [6.07, 6.45) is 8.45. The number of hydrogen-bond acceptors (Lipinski definition) is 3. The Morgan fingerprint density at radius 2 is 2.16 bits per heavy atom. The lowest BCUT2D eigenvalue weighted by atomic mass is 10.2. The molecule has 0 unspecified atom stereocenters. The molecule has 2 aromatic rings. The second-order valence-corrected chi connectivity index (χ2v) is 5.89. The number of nitrogens with zero attached hydrogens (tertiary/aromatic N) is 2. The molecule has 0 saturated heterocycles. The smallest absolute Gasteiger partial charge is 0.244 e. The van der Waals surface area contributed by atoms with Crippen molar-refractivity contribution in [1.29, 1.82) is 0 Å². The number of sulfonamides is 1. The number of terminal acetylenes is 1. The largest absolute Gasteiger partial charge is 0.264 e. The van der Waals surface area contributed by atoms with Gasteiger partial charge in [0, 0.05) is 29.7 Å². The third-order valence-electron chi connectivity index (χ3n) is 2.88. The predicted octanol–water partition coefficient (Wildman–Crippen LogP) is 1.88. The van der Waals surface area contributed by atoms with E-state index in [-0.39, 0.29) is 11.4 Å². The van der Waals surface area contributed by atoms with Crippen LogP contribution in [0.25, 0.3) is 10.8 Å². The highest BCUT2D eigenvalue weighted by Crippen LogP contribution is 2.24. The summed E-state index contributed by atoms with van der Waals surface area (Å²) in [7, 11) is -3.58. The van der Waals surface area contributed by atoms with Crippen molar-refractivity contribution in [3.63, 3.8) is 0 Å². The topological polar surface area (TPSA) is 50.3 Å². The first-order chi connectivity index (χ1) is 9.11. The quantitative estimate of drug-likeness (QED) is 0.800. The van der Waals surface area contributed by atoms with Gasteiger partial charge < -0.3 is 0 Å². The Morgan fingerprint density at radius 1 is 1.37 bits per heavy atom. The molecule has 0 spiro atoms. The molecule has 0 saturated carbocycles. The van der Waals surface area contributed by atoms with Crippen molar-refractivity contribution < 1.29 is 8.42 Å². The van der Waals surface area contributed by atoms with E-state index >= 15 is 0 Å². The van der Waals surface area contributed by atoms with Gasteiger partial charge in [-0.1, -0.05) is 25.0 Å². The Balaban J connectivity index is 2.64. The maximum Gasteiger partial charge on any atom is 0.244 e. The van der Waals surface area contributed by atoms with E-state index in [0.717, 1.165) is 5.39 Å². The van der Waals surface area contributed by atoms with Gasteiger partial charge in [-0.05, 0) is 12.1 Å². The highest BCUT2D eigenvalue weighted by molar-refractivity contribution is 7.89. The van der Waals surface area contributed by atoms with E-state index in [1.54, 1.807) is 37.5 Å². The second kappa shape index (κ2) is 5.39. The molecule has 1 heterocycles. The van der Waals surface area contributed by atoms with E-state index in [1.165, 1.54) is 4.31 Å². The third-order valence-corrected chi connectivity index (χ3v) is 4.86. The summed E-state index contributed by atoms with van der Waals surface area (Å²) in [4.78, 5) is 4.26. The SMILES string of the molecule is C#CCN(CC)S(=O)(=O)c1cccc2cnccc12. The van der Waals surface area contributed by atoms with Crippen molar-refractivity contribution >= 4 is 20.8 Å². The van der Waals surface area contributed by atoms with Crippen LogP contribution in [-0.2, 0) is 10.0 Å². The molecule has 2 rings (SSSR count). The normalized spacial score (nSPS) is 11.6. The monoisotopic (exact) mass is 274 g/mol.